The Bertz CT molecular complexity index is 837. The number of nitrogens with zero attached hydrogens (tertiary/aromatic N) is 2. The Hall–Kier alpha value is -3.26. The van der Waals surface area contributed by atoms with Gasteiger partial charge in [0.25, 0.3) is 0 Å². The summed E-state index contributed by atoms with van der Waals surface area (Å²) in [5.74, 6) is 0. The lowest BCUT2D eigenvalue weighted by atomic mass is 10.1. The van der Waals surface area contributed by atoms with Crippen LogP contribution in [-0.2, 0) is 22.8 Å². The number of aromatic nitrogens is 2. The third kappa shape index (κ3) is 13.7. The van der Waals surface area contributed by atoms with Crippen LogP contribution in [0.4, 0.5) is 13.2 Å². The number of carbonyl (C=O) groups is 2. The molecule has 1 heterocycles. The van der Waals surface area contributed by atoms with E-state index in [1.54, 1.807) is 12.1 Å². The van der Waals surface area contributed by atoms with Crippen LogP contribution < -0.4 is 5.73 Å². The predicted molar refractivity (Wildman–Crippen MR) is 130 cm³/mol. The highest BCUT2D eigenvalue weighted by atomic mass is 19.4. The summed E-state index contributed by atoms with van der Waals surface area (Å²) in [5.41, 5.74) is 8.53. The Morgan fingerprint density at radius 2 is 1.06 bits per heavy atom. The van der Waals surface area contributed by atoms with Crippen LogP contribution in [0, 0.1) is 20.8 Å². The third-order valence-corrected chi connectivity index (χ3v) is 3.74. The number of halogens is 3. The Morgan fingerprint density at radius 3 is 1.33 bits per heavy atom. The van der Waals surface area contributed by atoms with E-state index in [1.165, 1.54) is 29.9 Å². The largest absolute Gasteiger partial charge is 0.435 e. The molecule has 3 rings (SSSR count). The minimum atomic E-state index is -4.40. The number of hydrogen-bond donors (Lipinski definition) is 1. The third-order valence-electron chi connectivity index (χ3n) is 3.74. The van der Waals surface area contributed by atoms with Crippen molar-refractivity contribution in [1.82, 2.24) is 9.78 Å². The molecule has 0 unspecified atom stereocenters. The van der Waals surface area contributed by atoms with Gasteiger partial charge in [-0.05, 0) is 39.4 Å². The zero-order valence-electron chi connectivity index (χ0n) is 20.5. The van der Waals surface area contributed by atoms with Crippen molar-refractivity contribution < 1.29 is 22.8 Å². The van der Waals surface area contributed by atoms with E-state index in [-0.39, 0.29) is 0 Å². The molecule has 1 aromatic heterocycles. The molecule has 8 heteroatoms. The molecule has 0 atom stereocenters. The summed E-state index contributed by atoms with van der Waals surface area (Å²) in [6.45, 7) is 14.1. The lowest BCUT2D eigenvalue weighted by Crippen LogP contribution is -2.06. The van der Waals surface area contributed by atoms with Crippen LogP contribution in [0.2, 0.25) is 0 Å². The van der Waals surface area contributed by atoms with Gasteiger partial charge in [0.05, 0.1) is 5.69 Å². The Balaban J connectivity index is -0.000000472. The molecule has 0 amide bonds. The molecule has 0 aliphatic carbocycles. The molecule has 0 fully saturated rings. The molecule has 2 N–H and O–H groups in total. The number of carbonyl (C=O) groups excluding carboxylic acids is 2. The quantitative estimate of drug-likeness (QED) is 0.480. The summed E-state index contributed by atoms with van der Waals surface area (Å²) in [6.07, 6.45) is -4.40. The highest BCUT2D eigenvalue weighted by Gasteiger charge is 2.34. The fourth-order valence-electron chi connectivity index (χ4n) is 2.24. The van der Waals surface area contributed by atoms with Crippen molar-refractivity contribution in [3.05, 3.63) is 77.0 Å². The summed E-state index contributed by atoms with van der Waals surface area (Å²) in [6, 6.07) is 16.8. The molecule has 3 aromatic rings. The zero-order valence-corrected chi connectivity index (χ0v) is 20.5. The average Bonchev–Trinajstić information content (AvgIpc) is 3.24. The average molecular weight is 468 g/mol. The second kappa shape index (κ2) is 19.4. The normalized spacial score (nSPS) is 8.94. The van der Waals surface area contributed by atoms with Gasteiger partial charge in [0, 0.05) is 7.05 Å². The summed E-state index contributed by atoms with van der Waals surface area (Å²) in [7, 11) is 3.00. The van der Waals surface area contributed by atoms with Crippen molar-refractivity contribution >= 4 is 13.6 Å². The predicted octanol–water partition coefficient (Wildman–Crippen LogP) is 5.95. The highest BCUT2D eigenvalue weighted by Crippen LogP contribution is 2.31. The van der Waals surface area contributed by atoms with Crippen molar-refractivity contribution in [1.29, 1.82) is 0 Å². The zero-order chi connectivity index (χ0) is 26.6. The highest BCUT2D eigenvalue weighted by molar-refractivity contribution is 5.60. The van der Waals surface area contributed by atoms with Crippen molar-refractivity contribution in [2.24, 2.45) is 12.8 Å². The van der Waals surface area contributed by atoms with Gasteiger partial charge in [0.2, 0.25) is 0 Å². The fourth-order valence-corrected chi connectivity index (χ4v) is 2.24. The summed E-state index contributed by atoms with van der Waals surface area (Å²) < 4.78 is 38.7. The maximum Gasteiger partial charge on any atom is 0.435 e. The van der Waals surface area contributed by atoms with E-state index in [4.69, 9.17) is 9.59 Å². The van der Waals surface area contributed by atoms with Gasteiger partial charge in [-0.15, -0.1) is 0 Å². The number of benzene rings is 2. The van der Waals surface area contributed by atoms with Gasteiger partial charge >= 0.3 is 6.18 Å². The molecule has 33 heavy (non-hydrogen) atoms. The smallest absolute Gasteiger partial charge is 0.333 e. The number of rotatable bonds is 1. The number of nitrogens with two attached hydrogens (primary N) is 1. The molecular formula is C25H36F3N3O2. The lowest BCUT2D eigenvalue weighted by molar-refractivity contribution is -0.141. The minimum Gasteiger partial charge on any atom is -0.333 e. The van der Waals surface area contributed by atoms with E-state index in [1.807, 2.05) is 46.5 Å². The van der Waals surface area contributed by atoms with Gasteiger partial charge in [0.15, 0.2) is 5.69 Å². The maximum atomic E-state index is 12.5. The summed E-state index contributed by atoms with van der Waals surface area (Å²) in [5, 5.41) is 3.47. The van der Waals surface area contributed by atoms with Crippen LogP contribution in [0.15, 0.2) is 54.6 Å². The van der Waals surface area contributed by atoms with Crippen molar-refractivity contribution in [2.45, 2.75) is 40.8 Å². The lowest BCUT2D eigenvalue weighted by Gasteiger charge is -2.01. The van der Waals surface area contributed by atoms with Crippen LogP contribution in [0.25, 0.3) is 11.3 Å². The van der Waals surface area contributed by atoms with E-state index in [2.05, 4.69) is 48.9 Å². The molecule has 2 aromatic carbocycles. The van der Waals surface area contributed by atoms with Crippen LogP contribution in [-0.4, -0.2) is 30.4 Å². The molecule has 5 nitrogen and oxygen atoms in total. The second-order valence-corrected chi connectivity index (χ2v) is 6.06. The molecule has 184 valence electrons. The molecule has 0 spiro atoms. The first-order valence-electron chi connectivity index (χ1n) is 10.0. The number of alkyl halides is 3. The summed E-state index contributed by atoms with van der Waals surface area (Å²) in [4.78, 5) is 16.0. The molecule has 0 bridgehead atoms. The molecule has 0 saturated carbocycles. The van der Waals surface area contributed by atoms with Gasteiger partial charge in [0.1, 0.15) is 13.6 Å². The van der Waals surface area contributed by atoms with E-state index >= 15 is 0 Å². The Morgan fingerprint density at radius 1 is 0.758 bits per heavy atom. The fraction of sp³-hybridized carbons (Fsp3) is 0.320. The van der Waals surface area contributed by atoms with E-state index in [0.29, 0.717) is 5.69 Å². The van der Waals surface area contributed by atoms with Crippen LogP contribution in [0.1, 0.15) is 36.2 Å². The monoisotopic (exact) mass is 467 g/mol. The van der Waals surface area contributed by atoms with Gasteiger partial charge in [-0.2, -0.15) is 18.3 Å². The SMILES string of the molecule is C=O.C=O.CC.CN.Cc1ccc(-c2cc(C(F)(F)F)nn2C)cc1.Cc1ccc(C)cc1. The van der Waals surface area contributed by atoms with Crippen molar-refractivity contribution in [2.75, 3.05) is 7.05 Å². The van der Waals surface area contributed by atoms with E-state index in [0.717, 1.165) is 17.2 Å². The standard InChI is InChI=1S/C12H11F3N2.C8H10.C2H6.CH5N.2CH2O/c1-8-3-5-9(6-4-8)10-7-11(12(13,14)15)16-17(10)2;1-7-3-5-8(2)6-4-7;4*1-2/h3-7H,1-2H3;3-6H,1-2H3;1-2H3;2H2,1H3;2*1H2. The molecule has 0 aliphatic rings. The van der Waals surface area contributed by atoms with Gasteiger partial charge in [-0.1, -0.05) is 79.1 Å². The van der Waals surface area contributed by atoms with Crippen LogP contribution in [0.5, 0.6) is 0 Å². The van der Waals surface area contributed by atoms with Crippen LogP contribution in [0.3, 0.4) is 0 Å². The minimum absolute atomic E-state index is 0.456. The van der Waals surface area contributed by atoms with Gasteiger partial charge in [-0.25, -0.2) is 0 Å². The first kappa shape index (κ1) is 34.4. The Labute approximate surface area is 195 Å². The summed E-state index contributed by atoms with van der Waals surface area (Å²) >= 11 is 0. The molecule has 0 aliphatic heterocycles. The molecule has 0 saturated heterocycles. The number of hydrogen-bond acceptors (Lipinski definition) is 4. The molecule has 0 radical (unpaired) electrons. The van der Waals surface area contributed by atoms with Crippen molar-refractivity contribution in [3.8, 4) is 11.3 Å². The van der Waals surface area contributed by atoms with E-state index < -0.39 is 11.9 Å². The van der Waals surface area contributed by atoms with Crippen molar-refractivity contribution in [3.63, 3.8) is 0 Å². The Kier molecular flexibility index (Phi) is 20.2. The number of aryl methyl sites for hydroxylation is 4. The first-order valence-corrected chi connectivity index (χ1v) is 10.0. The maximum absolute atomic E-state index is 12.5. The first-order chi connectivity index (χ1) is 15.7. The molecular weight excluding hydrogens is 431 g/mol. The van der Waals surface area contributed by atoms with Gasteiger partial charge in [-0.3, -0.25) is 4.68 Å². The second-order valence-electron chi connectivity index (χ2n) is 6.06. The topological polar surface area (TPSA) is 78.0 Å². The van der Waals surface area contributed by atoms with Gasteiger partial charge < -0.3 is 15.3 Å². The van der Waals surface area contributed by atoms with E-state index in [9.17, 15) is 13.2 Å². The van der Waals surface area contributed by atoms with Crippen LogP contribution >= 0.6 is 0 Å².